The van der Waals surface area contributed by atoms with Crippen LogP contribution in [-0.4, -0.2) is 44.6 Å². The van der Waals surface area contributed by atoms with Gasteiger partial charge in [0.1, 0.15) is 5.75 Å². The van der Waals surface area contributed by atoms with Crippen molar-refractivity contribution >= 4 is 17.5 Å². The predicted octanol–water partition coefficient (Wildman–Crippen LogP) is 2.52. The Balaban J connectivity index is 1.54. The summed E-state index contributed by atoms with van der Waals surface area (Å²) in [7, 11) is 1.58. The van der Waals surface area contributed by atoms with E-state index in [1.54, 1.807) is 54.5 Å². The van der Waals surface area contributed by atoms with Gasteiger partial charge >= 0.3 is 0 Å². The lowest BCUT2D eigenvalue weighted by Crippen LogP contribution is -3.16. The Bertz CT molecular complexity index is 851. The van der Waals surface area contributed by atoms with Crippen LogP contribution in [0, 0.1) is 0 Å². The van der Waals surface area contributed by atoms with Crippen molar-refractivity contribution in [3.63, 3.8) is 0 Å². The highest BCUT2D eigenvalue weighted by molar-refractivity contribution is 6.09. The summed E-state index contributed by atoms with van der Waals surface area (Å²) in [6.07, 6.45) is 4.88. The Morgan fingerprint density at radius 2 is 1.83 bits per heavy atom. The van der Waals surface area contributed by atoms with Crippen LogP contribution in [0.1, 0.15) is 53.3 Å². The van der Waals surface area contributed by atoms with Crippen LogP contribution in [0.2, 0.25) is 0 Å². The van der Waals surface area contributed by atoms with Gasteiger partial charge in [-0.1, -0.05) is 12.1 Å². The average molecular weight is 411 g/mol. The van der Waals surface area contributed by atoms with Gasteiger partial charge in [0.05, 0.1) is 37.5 Å². The van der Waals surface area contributed by atoms with E-state index in [1.165, 1.54) is 25.8 Å². The number of carbonyl (C=O) groups excluding carboxylic acids is 2. The van der Waals surface area contributed by atoms with E-state index in [4.69, 9.17) is 4.74 Å². The van der Waals surface area contributed by atoms with E-state index in [0.717, 1.165) is 13.0 Å². The molecule has 0 aliphatic carbocycles. The first kappa shape index (κ1) is 21.8. The van der Waals surface area contributed by atoms with Crippen molar-refractivity contribution in [3.05, 3.63) is 59.7 Å². The number of hydrogen-bond acceptors (Lipinski definition) is 3. The van der Waals surface area contributed by atoms with Crippen LogP contribution in [0.4, 0.5) is 5.69 Å². The predicted molar refractivity (Wildman–Crippen MR) is 118 cm³/mol. The quantitative estimate of drug-likeness (QED) is 0.586. The van der Waals surface area contributed by atoms with Gasteiger partial charge in [-0.2, -0.15) is 0 Å². The number of carbonyl (C=O) groups is 2. The monoisotopic (exact) mass is 410 g/mol. The molecule has 30 heavy (non-hydrogen) atoms. The zero-order valence-electron chi connectivity index (χ0n) is 17.9. The van der Waals surface area contributed by atoms with Gasteiger partial charge in [0, 0.05) is 18.5 Å². The van der Waals surface area contributed by atoms with Crippen molar-refractivity contribution in [1.29, 1.82) is 0 Å². The third kappa shape index (κ3) is 5.83. The molecule has 1 heterocycles. The summed E-state index contributed by atoms with van der Waals surface area (Å²) in [5.41, 5.74) is 1.48. The van der Waals surface area contributed by atoms with Crippen molar-refractivity contribution in [3.8, 4) is 5.75 Å². The third-order valence-corrected chi connectivity index (χ3v) is 5.81. The van der Waals surface area contributed by atoms with Gasteiger partial charge in [-0.15, -0.1) is 0 Å². The molecule has 3 N–H and O–H groups in total. The van der Waals surface area contributed by atoms with Crippen LogP contribution in [0.3, 0.4) is 0 Å². The highest BCUT2D eigenvalue weighted by atomic mass is 16.5. The first-order valence-electron chi connectivity index (χ1n) is 10.8. The minimum atomic E-state index is -0.263. The second-order valence-electron chi connectivity index (χ2n) is 7.89. The molecule has 6 heteroatoms. The highest BCUT2D eigenvalue weighted by Crippen LogP contribution is 2.17. The molecule has 0 spiro atoms. The summed E-state index contributed by atoms with van der Waals surface area (Å²) in [6.45, 7) is 5.26. The van der Waals surface area contributed by atoms with Crippen LogP contribution in [0.15, 0.2) is 48.5 Å². The first-order valence-corrected chi connectivity index (χ1v) is 10.8. The van der Waals surface area contributed by atoms with Crippen LogP contribution >= 0.6 is 0 Å². The Hall–Kier alpha value is -2.86. The van der Waals surface area contributed by atoms with Gasteiger partial charge in [0.25, 0.3) is 11.8 Å². The highest BCUT2D eigenvalue weighted by Gasteiger charge is 2.21. The summed E-state index contributed by atoms with van der Waals surface area (Å²) in [4.78, 5) is 26.9. The number of ether oxygens (including phenoxy) is 1. The van der Waals surface area contributed by atoms with E-state index < -0.39 is 0 Å². The molecule has 6 nitrogen and oxygen atoms in total. The fourth-order valence-corrected chi connectivity index (χ4v) is 3.96. The van der Waals surface area contributed by atoms with Crippen LogP contribution < -0.4 is 20.3 Å². The number of anilines is 1. The molecular formula is C24H32N3O3+. The maximum atomic E-state index is 12.7. The van der Waals surface area contributed by atoms with E-state index in [2.05, 4.69) is 17.6 Å². The summed E-state index contributed by atoms with van der Waals surface area (Å²) < 4.78 is 5.12. The SMILES string of the molecule is COc1ccc(C(=O)Nc2ccccc2C(=O)NCCC[NH+]2CCCC[C@H]2C)cc1. The standard InChI is InChI=1S/C24H31N3O3/c1-18-8-5-6-16-27(18)17-7-15-25-24(29)21-9-3-4-10-22(21)26-23(28)19-11-13-20(30-2)14-12-19/h3-4,9-14,18H,5-8,15-17H2,1-2H3,(H,25,29)(H,26,28)/p+1/t18-/m1/s1. The largest absolute Gasteiger partial charge is 0.497 e. The van der Waals surface area contributed by atoms with Crippen molar-refractivity contribution < 1.29 is 19.2 Å². The number of likely N-dealkylation sites (tertiary alicyclic amines) is 1. The van der Waals surface area contributed by atoms with E-state index in [9.17, 15) is 9.59 Å². The van der Waals surface area contributed by atoms with Gasteiger partial charge in [-0.05, 0) is 62.6 Å². The lowest BCUT2D eigenvalue weighted by atomic mass is 10.0. The zero-order chi connectivity index (χ0) is 21.3. The minimum Gasteiger partial charge on any atom is -0.497 e. The molecule has 0 saturated carbocycles. The number of methoxy groups -OCH3 is 1. The summed E-state index contributed by atoms with van der Waals surface area (Å²) in [5, 5.41) is 5.85. The van der Waals surface area contributed by atoms with Crippen LogP contribution in [-0.2, 0) is 0 Å². The molecule has 0 radical (unpaired) electrons. The molecule has 160 valence electrons. The Labute approximate surface area is 178 Å². The molecule has 1 unspecified atom stereocenters. The molecule has 2 aromatic rings. The van der Waals surface area contributed by atoms with Gasteiger partial charge in [0.2, 0.25) is 0 Å². The van der Waals surface area contributed by atoms with Gasteiger partial charge in [-0.25, -0.2) is 0 Å². The molecule has 3 rings (SSSR count). The smallest absolute Gasteiger partial charge is 0.255 e. The number of para-hydroxylation sites is 1. The van der Waals surface area contributed by atoms with E-state index in [1.807, 2.05) is 6.07 Å². The van der Waals surface area contributed by atoms with Gasteiger partial charge < -0.3 is 20.3 Å². The van der Waals surface area contributed by atoms with Crippen molar-refractivity contribution in [2.75, 3.05) is 32.1 Å². The topological polar surface area (TPSA) is 71.9 Å². The molecule has 1 saturated heterocycles. The number of amides is 2. The molecule has 2 aromatic carbocycles. The Morgan fingerprint density at radius 1 is 1.07 bits per heavy atom. The summed E-state index contributed by atoms with van der Waals surface area (Å²) >= 11 is 0. The van der Waals surface area contributed by atoms with Crippen LogP contribution in [0.25, 0.3) is 0 Å². The number of hydrogen-bond donors (Lipinski definition) is 3. The van der Waals surface area contributed by atoms with E-state index in [0.29, 0.717) is 35.2 Å². The fourth-order valence-electron chi connectivity index (χ4n) is 3.96. The zero-order valence-corrected chi connectivity index (χ0v) is 17.9. The second-order valence-corrected chi connectivity index (χ2v) is 7.89. The van der Waals surface area contributed by atoms with Crippen molar-refractivity contribution in [1.82, 2.24) is 5.32 Å². The first-order chi connectivity index (χ1) is 14.6. The van der Waals surface area contributed by atoms with E-state index >= 15 is 0 Å². The fraction of sp³-hybridized carbons (Fsp3) is 0.417. The number of benzene rings is 2. The molecule has 1 aliphatic rings. The molecular weight excluding hydrogens is 378 g/mol. The summed E-state index contributed by atoms with van der Waals surface area (Å²) in [6, 6.07) is 14.7. The molecule has 0 bridgehead atoms. The van der Waals surface area contributed by atoms with Crippen molar-refractivity contribution in [2.24, 2.45) is 0 Å². The second kappa shape index (κ2) is 10.8. The maximum absolute atomic E-state index is 12.7. The molecule has 1 aliphatic heterocycles. The number of nitrogens with one attached hydrogen (secondary N) is 3. The number of quaternary nitrogens is 1. The molecule has 2 atom stereocenters. The van der Waals surface area contributed by atoms with Gasteiger partial charge in [-0.3, -0.25) is 9.59 Å². The van der Waals surface area contributed by atoms with Gasteiger partial charge in [0.15, 0.2) is 0 Å². The van der Waals surface area contributed by atoms with Crippen LogP contribution in [0.5, 0.6) is 5.75 Å². The Kier molecular flexibility index (Phi) is 7.85. The maximum Gasteiger partial charge on any atom is 0.255 e. The van der Waals surface area contributed by atoms with Crippen molar-refractivity contribution in [2.45, 2.75) is 38.6 Å². The normalized spacial score (nSPS) is 18.5. The minimum absolute atomic E-state index is 0.165. The average Bonchev–Trinajstić information content (AvgIpc) is 2.78. The molecule has 2 amide bonds. The lowest BCUT2D eigenvalue weighted by Gasteiger charge is -2.30. The van der Waals surface area contributed by atoms with E-state index in [-0.39, 0.29) is 11.8 Å². The summed E-state index contributed by atoms with van der Waals surface area (Å²) in [5.74, 6) is 0.259. The third-order valence-electron chi connectivity index (χ3n) is 5.81. The molecule has 1 fully saturated rings. The number of rotatable bonds is 8. The lowest BCUT2D eigenvalue weighted by molar-refractivity contribution is -0.928. The number of piperidine rings is 1. The molecule has 0 aromatic heterocycles. The Morgan fingerprint density at radius 3 is 2.57 bits per heavy atom.